The molecule has 3 aliphatic rings. The molecule has 2 saturated carbocycles. The predicted molar refractivity (Wildman–Crippen MR) is 186 cm³/mol. The topological polar surface area (TPSA) is 184 Å². The van der Waals surface area contributed by atoms with E-state index in [1.807, 2.05) is 20.8 Å². The Labute approximate surface area is 291 Å². The zero-order valence-electron chi connectivity index (χ0n) is 30.0. The second kappa shape index (κ2) is 16.6. The number of pyridine rings is 1. The Hall–Kier alpha value is -3.38. The van der Waals surface area contributed by atoms with Crippen molar-refractivity contribution in [2.24, 2.45) is 34.8 Å². The molecule has 6 N–H and O–H groups in total. The van der Waals surface area contributed by atoms with Crippen molar-refractivity contribution in [2.45, 2.75) is 129 Å². The maximum Gasteiger partial charge on any atom is 0.316 e. The minimum absolute atomic E-state index is 0.0405. The molecule has 0 spiro atoms. The van der Waals surface area contributed by atoms with E-state index in [1.165, 1.54) is 0 Å². The summed E-state index contributed by atoms with van der Waals surface area (Å²) >= 11 is 0. The van der Waals surface area contributed by atoms with Gasteiger partial charge in [0, 0.05) is 12.7 Å². The molecule has 1 aromatic rings. The van der Waals surface area contributed by atoms with E-state index in [-0.39, 0.29) is 48.1 Å². The molecule has 12 heteroatoms. The summed E-state index contributed by atoms with van der Waals surface area (Å²) in [7, 11) is 0. The second-order valence-electron chi connectivity index (χ2n) is 16.3. The summed E-state index contributed by atoms with van der Waals surface area (Å²) in [6, 6.07) is 1.76. The Morgan fingerprint density at radius 2 is 1.67 bits per heavy atom. The normalized spacial score (nSPS) is 24.0. The van der Waals surface area contributed by atoms with Crippen molar-refractivity contribution in [3.8, 4) is 0 Å². The summed E-state index contributed by atoms with van der Waals surface area (Å²) in [5, 5.41) is 21.0. The van der Waals surface area contributed by atoms with Crippen LogP contribution in [0.25, 0.3) is 0 Å². The number of carbonyl (C=O) groups excluding carboxylic acids is 5. The SMILES string of the molecule is CC(C)C[C@H]1CCN(C(=O)[C@@H](NC(=O)N[C@H](C(=O)c2ccccn2)C2CCCCC2)C(C)(C)C)CC(O)(NC(CC2CC2)C(=O)C(N)=O)C1. The number of amides is 4. The van der Waals surface area contributed by atoms with Crippen LogP contribution in [0.3, 0.4) is 0 Å². The van der Waals surface area contributed by atoms with Crippen molar-refractivity contribution in [1.29, 1.82) is 0 Å². The first-order valence-corrected chi connectivity index (χ1v) is 18.2. The molecule has 12 nitrogen and oxygen atoms in total. The van der Waals surface area contributed by atoms with Gasteiger partial charge in [-0.3, -0.25) is 29.5 Å². The summed E-state index contributed by atoms with van der Waals surface area (Å²) < 4.78 is 0. The highest BCUT2D eigenvalue weighted by molar-refractivity contribution is 6.37. The average Bonchev–Trinajstić information content (AvgIpc) is 3.88. The largest absolute Gasteiger partial charge is 0.374 e. The third-order valence-electron chi connectivity index (χ3n) is 10.3. The molecular formula is C37H58N6O6. The van der Waals surface area contributed by atoms with Crippen LogP contribution >= 0.6 is 0 Å². The number of nitrogens with zero attached hydrogens (tertiary/aromatic N) is 2. The fourth-order valence-electron chi connectivity index (χ4n) is 7.63. The maximum absolute atomic E-state index is 14.4. The van der Waals surface area contributed by atoms with Crippen molar-refractivity contribution in [3.63, 3.8) is 0 Å². The molecule has 0 bridgehead atoms. The van der Waals surface area contributed by atoms with E-state index < -0.39 is 47.0 Å². The molecule has 5 atom stereocenters. The standard InChI is InChI=1S/C37H58N6O6/c1-23(2)19-25-16-18-43(22-37(49,21-25)42-28(20-24-14-15-24)31(45)33(38)46)34(47)32(36(3,4)5)41-35(48)40-29(26-11-7-6-8-12-26)30(44)27-13-9-10-17-39-27/h9-10,13,17,23-26,28-29,32,42,49H,6-8,11-12,14-16,18-22H2,1-5H3,(H2,38,46)(H2,40,41,48)/t25-,28?,29+,32-,37?/m1/s1. The number of hydrogen-bond acceptors (Lipinski definition) is 8. The van der Waals surface area contributed by atoms with Gasteiger partial charge in [-0.2, -0.15) is 0 Å². The maximum atomic E-state index is 14.4. The Kier molecular flexibility index (Phi) is 13.0. The van der Waals surface area contributed by atoms with E-state index in [9.17, 15) is 29.1 Å². The van der Waals surface area contributed by atoms with Gasteiger partial charge in [0.1, 0.15) is 17.5 Å². The lowest BCUT2D eigenvalue weighted by molar-refractivity contribution is -0.143. The Balaban J connectivity index is 1.56. The predicted octanol–water partition coefficient (Wildman–Crippen LogP) is 3.71. The number of aromatic nitrogens is 1. The van der Waals surface area contributed by atoms with Crippen LogP contribution in [0.1, 0.15) is 116 Å². The molecule has 272 valence electrons. The lowest BCUT2D eigenvalue weighted by Gasteiger charge is -2.39. The lowest BCUT2D eigenvalue weighted by Crippen LogP contribution is -2.63. The minimum Gasteiger partial charge on any atom is -0.374 e. The number of hydrogen-bond donors (Lipinski definition) is 5. The quantitative estimate of drug-likeness (QED) is 0.112. The van der Waals surface area contributed by atoms with Gasteiger partial charge >= 0.3 is 6.03 Å². The van der Waals surface area contributed by atoms with E-state index in [4.69, 9.17) is 5.73 Å². The molecule has 1 aliphatic heterocycles. The summed E-state index contributed by atoms with van der Waals surface area (Å²) in [5.41, 5.74) is 3.29. The number of aliphatic hydroxyl groups is 1. The number of primary amides is 1. The van der Waals surface area contributed by atoms with Gasteiger partial charge in [0.15, 0.2) is 0 Å². The molecule has 3 fully saturated rings. The molecule has 2 unspecified atom stereocenters. The van der Waals surface area contributed by atoms with Crippen molar-refractivity contribution >= 4 is 29.4 Å². The highest BCUT2D eigenvalue weighted by Gasteiger charge is 2.45. The van der Waals surface area contributed by atoms with Crippen LogP contribution in [-0.2, 0) is 14.4 Å². The van der Waals surface area contributed by atoms with Crippen LogP contribution < -0.4 is 21.7 Å². The molecule has 0 radical (unpaired) electrons. The van der Waals surface area contributed by atoms with Crippen LogP contribution in [-0.4, -0.2) is 81.3 Å². The zero-order valence-corrected chi connectivity index (χ0v) is 30.0. The summed E-state index contributed by atoms with van der Waals surface area (Å²) in [4.78, 5) is 72.4. The molecule has 2 aliphatic carbocycles. The molecule has 2 heterocycles. The van der Waals surface area contributed by atoms with E-state index >= 15 is 0 Å². The van der Waals surface area contributed by atoms with Gasteiger partial charge in [-0.05, 0) is 79.7 Å². The number of Topliss-reactive ketones (excluding diaryl/α,β-unsaturated/α-hetero) is 2. The second-order valence-corrected chi connectivity index (χ2v) is 16.3. The molecule has 0 aromatic carbocycles. The fourth-order valence-corrected chi connectivity index (χ4v) is 7.63. The molecule has 4 amide bonds. The lowest BCUT2D eigenvalue weighted by atomic mass is 9.81. The summed E-state index contributed by atoms with van der Waals surface area (Å²) in [5.74, 6) is -1.86. The van der Waals surface area contributed by atoms with Crippen molar-refractivity contribution in [2.75, 3.05) is 13.1 Å². The van der Waals surface area contributed by atoms with Gasteiger partial charge in [0.05, 0.1) is 18.6 Å². The van der Waals surface area contributed by atoms with E-state index in [1.54, 1.807) is 29.3 Å². The first-order valence-electron chi connectivity index (χ1n) is 18.2. The number of carbonyl (C=O) groups is 5. The highest BCUT2D eigenvalue weighted by atomic mass is 16.3. The average molecular weight is 683 g/mol. The summed E-state index contributed by atoms with van der Waals surface area (Å²) in [6.07, 6.45) is 10.2. The van der Waals surface area contributed by atoms with Gasteiger partial charge in [-0.25, -0.2) is 4.79 Å². The number of urea groups is 1. The molecular weight excluding hydrogens is 624 g/mol. The Morgan fingerprint density at radius 3 is 2.24 bits per heavy atom. The third kappa shape index (κ3) is 11.1. The van der Waals surface area contributed by atoms with Crippen molar-refractivity contribution in [1.82, 2.24) is 25.8 Å². The van der Waals surface area contributed by atoms with Gasteiger partial charge in [0.25, 0.3) is 5.91 Å². The monoisotopic (exact) mass is 682 g/mol. The molecule has 1 saturated heterocycles. The van der Waals surface area contributed by atoms with Crippen LogP contribution in [0.5, 0.6) is 0 Å². The Bertz CT molecular complexity index is 1320. The fraction of sp³-hybridized carbons (Fsp3) is 0.730. The number of ketones is 2. The van der Waals surface area contributed by atoms with E-state index in [0.29, 0.717) is 25.3 Å². The van der Waals surface area contributed by atoms with Crippen LogP contribution in [0.4, 0.5) is 4.79 Å². The number of rotatable bonds is 14. The zero-order chi connectivity index (χ0) is 35.9. The van der Waals surface area contributed by atoms with Gasteiger partial charge in [0.2, 0.25) is 17.5 Å². The number of β-amino-alcohol motifs (C(OH)–C–C–N with tert-alkyl or cyclic N) is 1. The van der Waals surface area contributed by atoms with Crippen LogP contribution in [0, 0.1) is 29.1 Å². The van der Waals surface area contributed by atoms with Gasteiger partial charge < -0.3 is 26.4 Å². The van der Waals surface area contributed by atoms with E-state index in [2.05, 4.69) is 34.8 Å². The molecule has 1 aromatic heterocycles. The smallest absolute Gasteiger partial charge is 0.316 e. The first kappa shape index (κ1) is 38.4. The number of likely N-dealkylation sites (tertiary alicyclic amines) is 1. The summed E-state index contributed by atoms with van der Waals surface area (Å²) in [6.45, 7) is 9.98. The van der Waals surface area contributed by atoms with Gasteiger partial charge in [-0.1, -0.05) is 72.8 Å². The van der Waals surface area contributed by atoms with Gasteiger partial charge in [-0.15, -0.1) is 0 Å². The number of nitrogens with two attached hydrogens (primary N) is 1. The van der Waals surface area contributed by atoms with Crippen LogP contribution in [0.2, 0.25) is 0 Å². The van der Waals surface area contributed by atoms with Crippen molar-refractivity contribution in [3.05, 3.63) is 30.1 Å². The third-order valence-corrected chi connectivity index (χ3v) is 10.3. The van der Waals surface area contributed by atoms with Crippen molar-refractivity contribution < 1.29 is 29.1 Å². The molecule has 49 heavy (non-hydrogen) atoms. The number of nitrogens with one attached hydrogen (secondary N) is 3. The van der Waals surface area contributed by atoms with E-state index in [0.717, 1.165) is 51.4 Å². The molecule has 4 rings (SSSR count). The first-order chi connectivity index (χ1) is 23.1. The minimum atomic E-state index is -1.66. The van der Waals surface area contributed by atoms with Crippen LogP contribution in [0.15, 0.2) is 24.4 Å². The highest BCUT2D eigenvalue weighted by Crippen LogP contribution is 2.36. The Morgan fingerprint density at radius 1 is 0.980 bits per heavy atom.